The highest BCUT2D eigenvalue weighted by Crippen LogP contribution is 2.40. The fourth-order valence-corrected chi connectivity index (χ4v) is 4.74. The minimum absolute atomic E-state index is 0.391. The summed E-state index contributed by atoms with van der Waals surface area (Å²) in [6.45, 7) is 1.59. The van der Waals surface area contributed by atoms with Gasteiger partial charge in [-0.3, -0.25) is 0 Å². The molecule has 4 N–H and O–H groups in total. The Morgan fingerprint density at radius 3 is 2.78 bits per heavy atom. The molecule has 7 heteroatoms. The molecule has 0 amide bonds. The number of anilines is 2. The Hall–Kier alpha value is -2.22. The third-order valence-electron chi connectivity index (χ3n) is 4.99. The molecular weight excluding hydrogens is 360 g/mol. The summed E-state index contributed by atoms with van der Waals surface area (Å²) in [5.41, 5.74) is 6.87. The van der Waals surface area contributed by atoms with Gasteiger partial charge in [0.25, 0.3) is 6.01 Å². The number of hydrogen-bond donors (Lipinski definition) is 3. The summed E-state index contributed by atoms with van der Waals surface area (Å²) in [5.74, 6) is 0.560. The van der Waals surface area contributed by atoms with Crippen molar-refractivity contribution in [2.75, 3.05) is 5.32 Å². The fraction of sp³-hybridized carbons (Fsp3) is 0.400. The van der Waals surface area contributed by atoms with Crippen LogP contribution in [0.25, 0.3) is 10.4 Å². The Kier molecular flexibility index (Phi) is 4.99. The van der Waals surface area contributed by atoms with Crippen molar-refractivity contribution in [1.29, 1.82) is 0 Å². The number of aliphatic hydroxyl groups is 1. The highest BCUT2D eigenvalue weighted by Gasteiger charge is 2.25. The number of nitrogens with one attached hydrogen (secondary N) is 1. The molecule has 1 aliphatic carbocycles. The van der Waals surface area contributed by atoms with E-state index in [4.69, 9.17) is 10.2 Å². The van der Waals surface area contributed by atoms with Gasteiger partial charge in [0.15, 0.2) is 0 Å². The Labute approximate surface area is 162 Å². The van der Waals surface area contributed by atoms with Crippen molar-refractivity contribution in [2.45, 2.75) is 50.7 Å². The molecule has 0 aliphatic heterocycles. The summed E-state index contributed by atoms with van der Waals surface area (Å²) in [6, 6.07) is 6.11. The molecule has 1 fully saturated rings. The molecule has 6 nitrogen and oxygen atoms in total. The number of nitrogens with zero attached hydrogens (tertiary/aromatic N) is 2. The zero-order chi connectivity index (χ0) is 18.9. The van der Waals surface area contributed by atoms with Crippen molar-refractivity contribution >= 4 is 23.0 Å². The third kappa shape index (κ3) is 4.05. The quantitative estimate of drug-likeness (QED) is 0.551. The lowest BCUT2D eigenvalue weighted by atomic mass is 9.90. The van der Waals surface area contributed by atoms with E-state index in [9.17, 15) is 5.11 Å². The number of oxazole rings is 1. The van der Waals surface area contributed by atoms with Gasteiger partial charge in [0.05, 0.1) is 16.1 Å². The Balaban J connectivity index is 1.66. The highest BCUT2D eigenvalue weighted by atomic mass is 32.1. The first-order chi connectivity index (χ1) is 13.0. The Morgan fingerprint density at radius 1 is 1.26 bits per heavy atom. The predicted octanol–water partition coefficient (Wildman–Crippen LogP) is 4.71. The molecule has 27 heavy (non-hydrogen) atoms. The number of nitrogens with two attached hydrogens (primary N) is 1. The monoisotopic (exact) mass is 384 g/mol. The van der Waals surface area contributed by atoms with E-state index in [1.54, 1.807) is 24.5 Å². The Bertz CT molecular complexity index is 893. The van der Waals surface area contributed by atoms with E-state index in [0.29, 0.717) is 17.5 Å². The number of aromatic nitrogens is 2. The molecule has 2 aromatic heterocycles. The van der Waals surface area contributed by atoms with Crippen LogP contribution in [0.1, 0.15) is 55.5 Å². The van der Waals surface area contributed by atoms with Crippen LogP contribution >= 0.6 is 11.3 Å². The lowest BCUT2D eigenvalue weighted by Crippen LogP contribution is -2.32. The van der Waals surface area contributed by atoms with Crippen LogP contribution in [-0.4, -0.2) is 15.1 Å². The van der Waals surface area contributed by atoms with Gasteiger partial charge in [-0.05, 0) is 31.9 Å². The van der Waals surface area contributed by atoms with Gasteiger partial charge >= 0.3 is 0 Å². The molecule has 0 saturated heterocycles. The first-order valence-electron chi connectivity index (χ1n) is 9.29. The van der Waals surface area contributed by atoms with Crippen LogP contribution in [-0.2, 0) is 5.72 Å². The van der Waals surface area contributed by atoms with Crippen LogP contribution < -0.4 is 11.1 Å². The van der Waals surface area contributed by atoms with Gasteiger partial charge in [0.1, 0.15) is 12.0 Å². The van der Waals surface area contributed by atoms with Crippen molar-refractivity contribution in [3.8, 4) is 10.4 Å². The second-order valence-electron chi connectivity index (χ2n) is 7.27. The van der Waals surface area contributed by atoms with E-state index in [0.717, 1.165) is 16.1 Å². The molecule has 3 aromatic rings. The number of thiazole rings is 1. The van der Waals surface area contributed by atoms with Crippen LogP contribution in [0.3, 0.4) is 0 Å². The van der Waals surface area contributed by atoms with Crippen LogP contribution in [0.5, 0.6) is 0 Å². The highest BCUT2D eigenvalue weighted by molar-refractivity contribution is 7.15. The van der Waals surface area contributed by atoms with Crippen molar-refractivity contribution in [1.82, 2.24) is 9.97 Å². The summed E-state index contributed by atoms with van der Waals surface area (Å²) in [4.78, 5) is 9.76. The number of rotatable bonds is 5. The third-order valence-corrected chi connectivity index (χ3v) is 6.19. The molecule has 142 valence electrons. The zero-order valence-corrected chi connectivity index (χ0v) is 16.1. The van der Waals surface area contributed by atoms with Crippen molar-refractivity contribution in [3.63, 3.8) is 0 Å². The minimum Gasteiger partial charge on any atom is -0.432 e. The zero-order valence-electron chi connectivity index (χ0n) is 15.3. The molecule has 0 radical (unpaired) electrons. The molecule has 1 aliphatic rings. The average molecular weight is 385 g/mol. The van der Waals surface area contributed by atoms with Gasteiger partial charge in [-0.15, -0.1) is 11.3 Å². The predicted molar refractivity (Wildman–Crippen MR) is 107 cm³/mol. The average Bonchev–Trinajstić information content (AvgIpc) is 3.34. The van der Waals surface area contributed by atoms with Crippen LogP contribution in [0.4, 0.5) is 11.7 Å². The lowest BCUT2D eigenvalue weighted by Gasteiger charge is -2.22. The number of benzene rings is 1. The van der Waals surface area contributed by atoms with E-state index in [1.165, 1.54) is 43.4 Å². The standard InChI is InChI=1S/C20H24N4O2S/c1-20(21,25)16-11-14(24-19-22-9-10-26-19)7-8-15(16)17-12-23-18(27-17)13-5-3-2-4-6-13/h7-13,25H,2-6,21H2,1H3,(H,22,24). The smallest absolute Gasteiger partial charge is 0.299 e. The van der Waals surface area contributed by atoms with Gasteiger partial charge in [-0.1, -0.05) is 25.3 Å². The van der Waals surface area contributed by atoms with Gasteiger partial charge in [0, 0.05) is 28.9 Å². The first-order valence-corrected chi connectivity index (χ1v) is 10.1. The Morgan fingerprint density at radius 2 is 2.07 bits per heavy atom. The van der Waals surface area contributed by atoms with Crippen LogP contribution in [0.15, 0.2) is 41.3 Å². The maximum Gasteiger partial charge on any atom is 0.299 e. The van der Waals surface area contributed by atoms with E-state index in [1.807, 2.05) is 24.4 Å². The van der Waals surface area contributed by atoms with Gasteiger partial charge < -0.3 is 20.6 Å². The minimum atomic E-state index is -1.47. The van der Waals surface area contributed by atoms with Gasteiger partial charge in [-0.2, -0.15) is 0 Å². The summed E-state index contributed by atoms with van der Waals surface area (Å²) in [5, 5.41) is 14.8. The molecule has 2 heterocycles. The van der Waals surface area contributed by atoms with Crippen LogP contribution in [0.2, 0.25) is 0 Å². The molecule has 0 spiro atoms. The summed E-state index contributed by atoms with van der Waals surface area (Å²) in [7, 11) is 0. The maximum absolute atomic E-state index is 10.5. The van der Waals surface area contributed by atoms with Crippen molar-refractivity contribution in [2.24, 2.45) is 5.73 Å². The van der Waals surface area contributed by atoms with E-state index in [-0.39, 0.29) is 0 Å². The molecule has 0 bridgehead atoms. The second-order valence-corrected chi connectivity index (χ2v) is 8.33. The van der Waals surface area contributed by atoms with Gasteiger partial charge in [0.2, 0.25) is 0 Å². The van der Waals surface area contributed by atoms with E-state index < -0.39 is 5.72 Å². The largest absolute Gasteiger partial charge is 0.432 e. The molecular formula is C20H24N4O2S. The molecule has 1 saturated carbocycles. The molecule has 4 rings (SSSR count). The molecule has 1 aromatic carbocycles. The lowest BCUT2D eigenvalue weighted by molar-refractivity contribution is 0.0654. The van der Waals surface area contributed by atoms with E-state index in [2.05, 4.69) is 15.3 Å². The normalized spacial score (nSPS) is 17.6. The fourth-order valence-electron chi connectivity index (χ4n) is 3.61. The van der Waals surface area contributed by atoms with Crippen molar-refractivity contribution < 1.29 is 9.52 Å². The van der Waals surface area contributed by atoms with Gasteiger partial charge in [-0.25, -0.2) is 9.97 Å². The number of hydrogen-bond acceptors (Lipinski definition) is 7. The summed E-state index contributed by atoms with van der Waals surface area (Å²) in [6.07, 6.45) is 11.3. The molecule has 1 atom stereocenters. The van der Waals surface area contributed by atoms with E-state index >= 15 is 0 Å². The summed E-state index contributed by atoms with van der Waals surface area (Å²) < 4.78 is 5.22. The maximum atomic E-state index is 10.5. The SMILES string of the molecule is CC(N)(O)c1cc(Nc2ncco2)ccc1-c1cnc(C2CCCCC2)s1. The summed E-state index contributed by atoms with van der Waals surface area (Å²) >= 11 is 1.70. The topological polar surface area (TPSA) is 97.2 Å². The second kappa shape index (κ2) is 7.42. The first kappa shape index (κ1) is 18.2. The van der Waals surface area contributed by atoms with Crippen LogP contribution in [0, 0.1) is 0 Å². The van der Waals surface area contributed by atoms with Crippen molar-refractivity contribution in [3.05, 3.63) is 47.4 Å². The molecule has 1 unspecified atom stereocenters.